The maximum Gasteiger partial charge on any atom is 0.222 e. The Bertz CT molecular complexity index is 407. The van der Waals surface area contributed by atoms with Crippen molar-refractivity contribution in [2.45, 2.75) is 39.7 Å². The number of hydrogen-bond acceptors (Lipinski definition) is 5. The lowest BCUT2D eigenvalue weighted by atomic mass is 10.0. The highest BCUT2D eigenvalue weighted by Crippen LogP contribution is 2.21. The molecule has 5 nitrogen and oxygen atoms in total. The van der Waals surface area contributed by atoms with Crippen LogP contribution in [0.15, 0.2) is 0 Å². The molecule has 1 aromatic heterocycles. The summed E-state index contributed by atoms with van der Waals surface area (Å²) in [4.78, 5) is 13.9. The second-order valence-corrected chi connectivity index (χ2v) is 5.84. The Labute approximate surface area is 112 Å². The molecule has 1 aliphatic rings. The summed E-state index contributed by atoms with van der Waals surface area (Å²) in [5.41, 5.74) is 0. The van der Waals surface area contributed by atoms with Gasteiger partial charge in [-0.2, -0.15) is 0 Å². The predicted octanol–water partition coefficient (Wildman–Crippen LogP) is 2.12. The van der Waals surface area contributed by atoms with Gasteiger partial charge in [-0.1, -0.05) is 18.3 Å². The first-order chi connectivity index (χ1) is 8.69. The molecule has 1 fully saturated rings. The zero-order valence-corrected chi connectivity index (χ0v) is 11.8. The molecule has 0 bridgehead atoms. The number of rotatable bonds is 4. The van der Waals surface area contributed by atoms with Gasteiger partial charge in [0, 0.05) is 19.5 Å². The number of anilines is 1. The monoisotopic (exact) mass is 268 g/mol. The van der Waals surface area contributed by atoms with Crippen LogP contribution in [0.2, 0.25) is 0 Å². The fourth-order valence-electron chi connectivity index (χ4n) is 2.04. The maximum atomic E-state index is 12.0. The summed E-state index contributed by atoms with van der Waals surface area (Å²) in [6.07, 6.45) is 2.76. The Hall–Kier alpha value is -1.17. The summed E-state index contributed by atoms with van der Waals surface area (Å²) < 4.78 is 0. The van der Waals surface area contributed by atoms with E-state index in [0.29, 0.717) is 18.9 Å². The molecule has 0 aromatic carbocycles. The fraction of sp³-hybridized carbons (Fsp3) is 0.750. The molecule has 0 aliphatic carbocycles. The van der Waals surface area contributed by atoms with Crippen molar-refractivity contribution in [1.82, 2.24) is 15.1 Å². The quantitative estimate of drug-likeness (QED) is 0.908. The summed E-state index contributed by atoms with van der Waals surface area (Å²) in [6, 6.07) is 0. The summed E-state index contributed by atoms with van der Waals surface area (Å²) in [6.45, 7) is 6.53. The molecule has 1 aromatic rings. The van der Waals surface area contributed by atoms with Crippen molar-refractivity contribution < 1.29 is 4.79 Å². The third-order valence-corrected chi connectivity index (χ3v) is 4.08. The molecule has 0 radical (unpaired) electrons. The zero-order chi connectivity index (χ0) is 13.0. The highest BCUT2D eigenvalue weighted by molar-refractivity contribution is 7.15. The number of amides is 1. The van der Waals surface area contributed by atoms with Crippen molar-refractivity contribution in [1.29, 1.82) is 0 Å². The molecular weight excluding hydrogens is 248 g/mol. The van der Waals surface area contributed by atoms with Gasteiger partial charge in [0.15, 0.2) is 0 Å². The van der Waals surface area contributed by atoms with Gasteiger partial charge in [-0.3, -0.25) is 4.79 Å². The number of hydrogen-bond donors (Lipinski definition) is 1. The van der Waals surface area contributed by atoms with Gasteiger partial charge < -0.3 is 10.2 Å². The third kappa shape index (κ3) is 3.41. The van der Waals surface area contributed by atoms with Crippen LogP contribution in [0.25, 0.3) is 0 Å². The Morgan fingerprint density at radius 1 is 1.44 bits per heavy atom. The molecule has 1 aliphatic heterocycles. The summed E-state index contributed by atoms with van der Waals surface area (Å²) in [7, 11) is 0. The summed E-state index contributed by atoms with van der Waals surface area (Å²) >= 11 is 1.53. The van der Waals surface area contributed by atoms with Crippen LogP contribution >= 0.6 is 11.3 Å². The van der Waals surface area contributed by atoms with Crippen molar-refractivity contribution in [2.24, 2.45) is 5.92 Å². The first-order valence-corrected chi connectivity index (χ1v) is 7.34. The number of nitrogens with one attached hydrogen (secondary N) is 1. The van der Waals surface area contributed by atoms with Crippen molar-refractivity contribution in [3.8, 4) is 0 Å². The smallest absolute Gasteiger partial charge is 0.222 e. The van der Waals surface area contributed by atoms with Gasteiger partial charge in [-0.15, -0.1) is 10.2 Å². The molecule has 0 saturated carbocycles. The lowest BCUT2D eigenvalue weighted by Gasteiger charge is -2.18. The van der Waals surface area contributed by atoms with Gasteiger partial charge in [-0.25, -0.2) is 0 Å². The van der Waals surface area contributed by atoms with Gasteiger partial charge in [0.2, 0.25) is 11.0 Å². The van der Waals surface area contributed by atoms with E-state index in [1.54, 1.807) is 0 Å². The number of aromatic nitrogens is 2. The average molecular weight is 268 g/mol. The molecule has 18 heavy (non-hydrogen) atoms. The van der Waals surface area contributed by atoms with E-state index in [9.17, 15) is 4.79 Å². The highest BCUT2D eigenvalue weighted by atomic mass is 32.1. The first-order valence-electron chi connectivity index (χ1n) is 6.53. The Morgan fingerprint density at radius 3 is 3.06 bits per heavy atom. The van der Waals surface area contributed by atoms with Crippen LogP contribution in [-0.2, 0) is 11.3 Å². The van der Waals surface area contributed by atoms with Crippen LogP contribution < -0.4 is 5.32 Å². The minimum atomic E-state index is 0.250. The topological polar surface area (TPSA) is 58.1 Å². The second-order valence-electron chi connectivity index (χ2n) is 4.78. The Balaban J connectivity index is 1.96. The highest BCUT2D eigenvalue weighted by Gasteiger charge is 2.21. The van der Waals surface area contributed by atoms with Crippen molar-refractivity contribution >= 4 is 22.4 Å². The van der Waals surface area contributed by atoms with Crippen molar-refractivity contribution in [2.75, 3.05) is 18.4 Å². The van der Waals surface area contributed by atoms with E-state index >= 15 is 0 Å². The van der Waals surface area contributed by atoms with Crippen LogP contribution in [-0.4, -0.2) is 34.1 Å². The summed E-state index contributed by atoms with van der Waals surface area (Å²) in [5.74, 6) is 0.894. The second kappa shape index (κ2) is 6.13. The van der Waals surface area contributed by atoms with E-state index in [-0.39, 0.29) is 5.91 Å². The minimum absolute atomic E-state index is 0.250. The standard InChI is InChI=1S/C12H20N4OS/c1-3-13-12-15-14-10(18-12)8-16-7-6-9(2)4-5-11(16)17/h9H,3-8H2,1-2H3,(H,13,15). The normalized spacial score (nSPS) is 20.9. The lowest BCUT2D eigenvalue weighted by molar-refractivity contribution is -0.131. The molecule has 1 N–H and O–H groups in total. The first kappa shape index (κ1) is 13.3. The number of nitrogens with zero attached hydrogens (tertiary/aromatic N) is 3. The molecule has 1 atom stereocenters. The zero-order valence-electron chi connectivity index (χ0n) is 11.0. The Kier molecular flexibility index (Phi) is 4.52. The van der Waals surface area contributed by atoms with Gasteiger partial charge in [-0.05, 0) is 25.7 Å². The molecule has 6 heteroatoms. The van der Waals surface area contributed by atoms with Crippen LogP contribution in [0, 0.1) is 5.92 Å². The number of carbonyl (C=O) groups is 1. The number of carbonyl (C=O) groups excluding carboxylic acids is 1. The third-order valence-electron chi connectivity index (χ3n) is 3.22. The van der Waals surface area contributed by atoms with E-state index in [4.69, 9.17) is 0 Å². The van der Waals surface area contributed by atoms with E-state index in [2.05, 4.69) is 22.4 Å². The minimum Gasteiger partial charge on any atom is -0.360 e. The molecule has 1 amide bonds. The van der Waals surface area contributed by atoms with Crippen LogP contribution in [0.4, 0.5) is 5.13 Å². The van der Waals surface area contributed by atoms with Gasteiger partial charge in [0.1, 0.15) is 5.01 Å². The predicted molar refractivity (Wildman–Crippen MR) is 72.5 cm³/mol. The van der Waals surface area contributed by atoms with Crippen molar-refractivity contribution in [3.63, 3.8) is 0 Å². The van der Waals surface area contributed by atoms with Gasteiger partial charge in [0.25, 0.3) is 0 Å². The lowest BCUT2D eigenvalue weighted by Crippen LogP contribution is -2.29. The molecule has 1 saturated heterocycles. The van der Waals surface area contributed by atoms with Gasteiger partial charge >= 0.3 is 0 Å². The molecular formula is C12H20N4OS. The van der Waals surface area contributed by atoms with E-state index in [1.165, 1.54) is 11.3 Å². The number of likely N-dealkylation sites (tertiary alicyclic amines) is 1. The fourth-order valence-corrected chi connectivity index (χ4v) is 2.87. The average Bonchev–Trinajstić information content (AvgIpc) is 2.72. The molecule has 2 heterocycles. The van der Waals surface area contributed by atoms with Crippen LogP contribution in [0.5, 0.6) is 0 Å². The van der Waals surface area contributed by atoms with Gasteiger partial charge in [0.05, 0.1) is 6.54 Å². The van der Waals surface area contributed by atoms with E-state index in [1.807, 2.05) is 11.8 Å². The van der Waals surface area contributed by atoms with Crippen molar-refractivity contribution in [3.05, 3.63) is 5.01 Å². The van der Waals surface area contributed by atoms with E-state index in [0.717, 1.165) is 36.1 Å². The molecule has 100 valence electrons. The Morgan fingerprint density at radius 2 is 2.28 bits per heavy atom. The van der Waals surface area contributed by atoms with Crippen LogP contribution in [0.1, 0.15) is 38.1 Å². The molecule has 0 spiro atoms. The van der Waals surface area contributed by atoms with E-state index < -0.39 is 0 Å². The SMILES string of the molecule is CCNc1nnc(CN2CCC(C)CCC2=O)s1. The largest absolute Gasteiger partial charge is 0.360 e. The van der Waals surface area contributed by atoms with Crippen LogP contribution in [0.3, 0.4) is 0 Å². The maximum absolute atomic E-state index is 12.0. The molecule has 2 rings (SSSR count). The summed E-state index contributed by atoms with van der Waals surface area (Å²) in [5, 5.41) is 13.1. The molecule has 1 unspecified atom stereocenters.